The minimum atomic E-state index is -1.39. The molecular weight excluding hydrogens is 280 g/mol. The molecule has 2 aromatic carbocycles. The topological polar surface area (TPSA) is 0 Å². The Morgan fingerprint density at radius 2 is 1.60 bits per heavy atom. The number of allylic oxidation sites excluding steroid dienone is 2. The molecule has 0 unspecified atom stereocenters. The molecule has 0 N–H and O–H groups in total. The molecule has 0 saturated heterocycles. The predicted molar refractivity (Wildman–Crippen MR) is 93.5 cm³/mol. The summed E-state index contributed by atoms with van der Waals surface area (Å²) in [6, 6.07) is 20.1. The number of hydrogen-bond acceptors (Lipinski definition) is 0. The van der Waals surface area contributed by atoms with Crippen molar-refractivity contribution in [2.24, 2.45) is 0 Å². The lowest BCUT2D eigenvalue weighted by molar-refractivity contribution is 1.48. The highest BCUT2D eigenvalue weighted by atomic mass is 35.5. The molecule has 0 spiro atoms. The SMILES string of the molecule is C/C(=C\C[Si](C)(C)c1ccccc1)c1ccc(Cl)cc1. The van der Waals surface area contributed by atoms with Crippen LogP contribution in [-0.4, -0.2) is 8.07 Å². The summed E-state index contributed by atoms with van der Waals surface area (Å²) < 4.78 is 0. The Bertz CT molecular complexity index is 583. The van der Waals surface area contributed by atoms with Crippen LogP contribution in [0.5, 0.6) is 0 Å². The van der Waals surface area contributed by atoms with Crippen molar-refractivity contribution in [1.82, 2.24) is 0 Å². The zero-order valence-electron chi connectivity index (χ0n) is 12.4. The van der Waals surface area contributed by atoms with E-state index in [1.54, 1.807) is 0 Å². The highest BCUT2D eigenvalue weighted by Gasteiger charge is 2.21. The first-order valence-corrected chi connectivity index (χ1v) is 10.6. The van der Waals surface area contributed by atoms with E-state index in [0.717, 1.165) is 11.1 Å². The number of rotatable bonds is 4. The van der Waals surface area contributed by atoms with Gasteiger partial charge < -0.3 is 0 Å². The van der Waals surface area contributed by atoms with Gasteiger partial charge in [0.1, 0.15) is 0 Å². The molecule has 0 heterocycles. The lowest BCUT2D eigenvalue weighted by Crippen LogP contribution is -2.40. The van der Waals surface area contributed by atoms with Gasteiger partial charge in [-0.25, -0.2) is 0 Å². The summed E-state index contributed by atoms with van der Waals surface area (Å²) in [5.74, 6) is 0. The minimum Gasteiger partial charge on any atom is -0.0843 e. The maximum atomic E-state index is 5.93. The fraction of sp³-hybridized carbons (Fsp3) is 0.222. The molecule has 2 rings (SSSR count). The van der Waals surface area contributed by atoms with Gasteiger partial charge in [0.2, 0.25) is 0 Å². The van der Waals surface area contributed by atoms with E-state index in [1.165, 1.54) is 16.3 Å². The van der Waals surface area contributed by atoms with Crippen LogP contribution in [0.1, 0.15) is 12.5 Å². The largest absolute Gasteiger partial charge is 0.0843 e. The quantitative estimate of drug-likeness (QED) is 0.667. The van der Waals surface area contributed by atoms with Crippen molar-refractivity contribution in [1.29, 1.82) is 0 Å². The third-order valence-corrected chi connectivity index (χ3v) is 7.15. The van der Waals surface area contributed by atoms with Crippen LogP contribution in [0.25, 0.3) is 5.57 Å². The smallest absolute Gasteiger partial charge is 0.0843 e. The molecule has 0 aromatic heterocycles. The first-order chi connectivity index (χ1) is 9.49. The Morgan fingerprint density at radius 3 is 2.20 bits per heavy atom. The van der Waals surface area contributed by atoms with E-state index in [-0.39, 0.29) is 0 Å². The second-order valence-corrected chi connectivity index (χ2v) is 11.0. The van der Waals surface area contributed by atoms with Crippen LogP contribution in [0.4, 0.5) is 0 Å². The van der Waals surface area contributed by atoms with Gasteiger partial charge in [-0.05, 0) is 36.2 Å². The maximum Gasteiger partial charge on any atom is 0.0843 e. The third-order valence-electron chi connectivity index (χ3n) is 3.77. The van der Waals surface area contributed by atoms with Crippen molar-refractivity contribution < 1.29 is 0 Å². The Hall–Kier alpha value is -1.31. The van der Waals surface area contributed by atoms with E-state index in [1.807, 2.05) is 12.1 Å². The highest BCUT2D eigenvalue weighted by Crippen LogP contribution is 2.20. The lowest BCUT2D eigenvalue weighted by atomic mass is 10.1. The van der Waals surface area contributed by atoms with Gasteiger partial charge in [0, 0.05) is 5.02 Å². The van der Waals surface area contributed by atoms with Gasteiger partial charge in [-0.3, -0.25) is 0 Å². The van der Waals surface area contributed by atoms with Crippen LogP contribution in [0.3, 0.4) is 0 Å². The molecule has 0 nitrogen and oxygen atoms in total. The van der Waals surface area contributed by atoms with Crippen LogP contribution in [-0.2, 0) is 0 Å². The first-order valence-electron chi connectivity index (χ1n) is 6.97. The Morgan fingerprint density at radius 1 is 1.00 bits per heavy atom. The van der Waals surface area contributed by atoms with E-state index in [4.69, 9.17) is 11.6 Å². The van der Waals surface area contributed by atoms with E-state index in [2.05, 4.69) is 68.6 Å². The van der Waals surface area contributed by atoms with Gasteiger partial charge >= 0.3 is 0 Å². The van der Waals surface area contributed by atoms with Crippen molar-refractivity contribution in [3.63, 3.8) is 0 Å². The summed E-state index contributed by atoms with van der Waals surface area (Å²) in [6.45, 7) is 7.03. The number of benzene rings is 2. The van der Waals surface area contributed by atoms with Gasteiger partial charge in [-0.1, -0.05) is 78.4 Å². The van der Waals surface area contributed by atoms with Crippen molar-refractivity contribution in [3.05, 3.63) is 71.3 Å². The average molecular weight is 301 g/mol. The first kappa shape index (κ1) is 15.1. The number of halogens is 1. The van der Waals surface area contributed by atoms with Crippen molar-refractivity contribution in [2.45, 2.75) is 26.1 Å². The zero-order chi connectivity index (χ0) is 14.6. The molecule has 0 amide bonds. The van der Waals surface area contributed by atoms with Gasteiger partial charge in [0.05, 0.1) is 8.07 Å². The zero-order valence-corrected chi connectivity index (χ0v) is 14.1. The molecule has 0 saturated carbocycles. The summed E-state index contributed by atoms with van der Waals surface area (Å²) >= 11 is 5.93. The van der Waals surface area contributed by atoms with Crippen molar-refractivity contribution in [2.75, 3.05) is 0 Å². The Balaban J connectivity index is 2.14. The highest BCUT2D eigenvalue weighted by molar-refractivity contribution is 6.90. The molecule has 104 valence electrons. The normalized spacial score (nSPS) is 12.5. The van der Waals surface area contributed by atoms with Crippen LogP contribution in [0.2, 0.25) is 24.2 Å². The van der Waals surface area contributed by atoms with Gasteiger partial charge in [-0.15, -0.1) is 0 Å². The van der Waals surface area contributed by atoms with E-state index in [0.29, 0.717) is 0 Å². The molecule has 0 bridgehead atoms. The van der Waals surface area contributed by atoms with Gasteiger partial charge in [0.15, 0.2) is 0 Å². The Labute approximate surface area is 128 Å². The molecule has 0 aliphatic rings. The van der Waals surface area contributed by atoms with Crippen molar-refractivity contribution in [3.8, 4) is 0 Å². The van der Waals surface area contributed by atoms with Gasteiger partial charge in [-0.2, -0.15) is 0 Å². The van der Waals surface area contributed by atoms with E-state index >= 15 is 0 Å². The second-order valence-electron chi connectivity index (χ2n) is 5.85. The molecule has 20 heavy (non-hydrogen) atoms. The van der Waals surface area contributed by atoms with Gasteiger partial charge in [0.25, 0.3) is 0 Å². The molecular formula is C18H21ClSi. The monoisotopic (exact) mass is 300 g/mol. The molecule has 0 aliphatic heterocycles. The fourth-order valence-electron chi connectivity index (χ4n) is 2.25. The van der Waals surface area contributed by atoms with E-state index < -0.39 is 8.07 Å². The van der Waals surface area contributed by atoms with E-state index in [9.17, 15) is 0 Å². The molecule has 2 aromatic rings. The summed E-state index contributed by atoms with van der Waals surface area (Å²) in [4.78, 5) is 0. The molecule has 0 atom stereocenters. The molecule has 0 fully saturated rings. The fourth-order valence-corrected chi connectivity index (χ4v) is 4.52. The number of hydrogen-bond donors (Lipinski definition) is 0. The maximum absolute atomic E-state index is 5.93. The summed E-state index contributed by atoms with van der Waals surface area (Å²) in [5.41, 5.74) is 2.59. The lowest BCUT2D eigenvalue weighted by Gasteiger charge is -2.21. The molecule has 0 aliphatic carbocycles. The summed E-state index contributed by atoms with van der Waals surface area (Å²) in [7, 11) is -1.39. The minimum absolute atomic E-state index is 0.792. The van der Waals surface area contributed by atoms with Crippen LogP contribution >= 0.6 is 11.6 Å². The van der Waals surface area contributed by atoms with Crippen LogP contribution in [0, 0.1) is 0 Å². The predicted octanol–water partition coefficient (Wildman–Crippen LogP) is 5.36. The average Bonchev–Trinajstić information content (AvgIpc) is 2.46. The second kappa shape index (κ2) is 6.42. The molecule has 0 radical (unpaired) electrons. The third kappa shape index (κ3) is 3.84. The standard InChI is InChI=1S/C18H21ClSi/c1-15(16-9-11-17(19)12-10-16)13-14-20(2,3)18-7-5-4-6-8-18/h4-13H,14H2,1-3H3/b15-13+. The van der Waals surface area contributed by atoms with Crippen molar-refractivity contribution >= 4 is 30.4 Å². The Kier molecular flexibility index (Phi) is 4.85. The van der Waals surface area contributed by atoms with Crippen LogP contribution < -0.4 is 5.19 Å². The summed E-state index contributed by atoms with van der Waals surface area (Å²) in [5, 5.41) is 2.31. The molecule has 2 heteroatoms. The van der Waals surface area contributed by atoms with Crippen LogP contribution in [0.15, 0.2) is 60.7 Å². The summed E-state index contributed by atoms with van der Waals surface area (Å²) in [6.07, 6.45) is 2.38.